The lowest BCUT2D eigenvalue weighted by Crippen LogP contribution is -2.25. The smallest absolute Gasteiger partial charge is 0.0663 e. The molecule has 162 valence electrons. The maximum absolute atomic E-state index is 6.36. The van der Waals surface area contributed by atoms with Crippen LogP contribution in [0.1, 0.15) is 40.4 Å². The van der Waals surface area contributed by atoms with Crippen LogP contribution in [0.25, 0.3) is 5.69 Å². The minimum Gasteiger partial charge on any atom is -0.378 e. The molecule has 0 saturated carbocycles. The lowest BCUT2D eigenvalue weighted by atomic mass is 9.96. The number of halogens is 1. The lowest BCUT2D eigenvalue weighted by Gasteiger charge is -2.16. The number of hydrogen-bond acceptors (Lipinski definition) is 3. The fraction of sp³-hybridized carbons (Fsp3) is 0.346. The summed E-state index contributed by atoms with van der Waals surface area (Å²) in [7, 11) is 4.13. The van der Waals surface area contributed by atoms with Gasteiger partial charge in [-0.05, 0) is 62.6 Å². The molecule has 1 heterocycles. The average molecular weight is 435 g/mol. The van der Waals surface area contributed by atoms with Gasteiger partial charge in [-0.1, -0.05) is 42.0 Å². The van der Waals surface area contributed by atoms with Crippen molar-refractivity contribution in [1.82, 2.24) is 15.1 Å². The third-order valence-electron chi connectivity index (χ3n) is 6.22. The highest BCUT2D eigenvalue weighted by Gasteiger charge is 2.26. The van der Waals surface area contributed by atoms with Gasteiger partial charge in [0.15, 0.2) is 0 Å². The molecule has 1 aromatic heterocycles. The van der Waals surface area contributed by atoms with E-state index in [1.54, 1.807) is 0 Å². The first-order valence-electron chi connectivity index (χ1n) is 10.8. The molecule has 5 heteroatoms. The normalized spacial score (nSPS) is 18.0. The van der Waals surface area contributed by atoms with Crippen molar-refractivity contribution in [3.05, 3.63) is 87.7 Å². The number of rotatable bonds is 6. The lowest BCUT2D eigenvalue weighted by molar-refractivity contribution is 0.559. The summed E-state index contributed by atoms with van der Waals surface area (Å²) in [6, 6.07) is 15.2. The molecule has 3 aromatic rings. The molecule has 4 nitrogen and oxygen atoms in total. The minimum atomic E-state index is 0.370. The van der Waals surface area contributed by atoms with Crippen molar-refractivity contribution in [3.63, 3.8) is 0 Å². The number of aromatic nitrogens is 2. The van der Waals surface area contributed by atoms with Crippen molar-refractivity contribution in [2.45, 2.75) is 45.7 Å². The molecule has 2 aromatic carbocycles. The first-order valence-corrected chi connectivity index (χ1v) is 11.2. The summed E-state index contributed by atoms with van der Waals surface area (Å²) in [6.45, 7) is 7.15. The summed E-state index contributed by atoms with van der Waals surface area (Å²) in [4.78, 5) is 2.12. The second-order valence-electron chi connectivity index (χ2n) is 8.71. The minimum absolute atomic E-state index is 0.370. The van der Waals surface area contributed by atoms with Crippen molar-refractivity contribution in [1.29, 1.82) is 0 Å². The van der Waals surface area contributed by atoms with Gasteiger partial charge in [0, 0.05) is 54.6 Å². The Kier molecular flexibility index (Phi) is 6.22. The fourth-order valence-electron chi connectivity index (χ4n) is 4.38. The van der Waals surface area contributed by atoms with Gasteiger partial charge in [-0.3, -0.25) is 0 Å². The number of allylic oxidation sites excluding steroid dienone is 1. The van der Waals surface area contributed by atoms with Crippen LogP contribution in [0.5, 0.6) is 0 Å². The van der Waals surface area contributed by atoms with E-state index in [1.807, 2.05) is 23.7 Å². The van der Waals surface area contributed by atoms with Gasteiger partial charge in [0.25, 0.3) is 0 Å². The van der Waals surface area contributed by atoms with Crippen LogP contribution in [0, 0.1) is 20.8 Å². The van der Waals surface area contributed by atoms with Crippen LogP contribution in [0.4, 0.5) is 5.69 Å². The van der Waals surface area contributed by atoms with E-state index in [0.29, 0.717) is 12.0 Å². The molecule has 0 fully saturated rings. The van der Waals surface area contributed by atoms with Gasteiger partial charge in [-0.15, -0.1) is 0 Å². The van der Waals surface area contributed by atoms with Crippen molar-refractivity contribution in [3.8, 4) is 5.69 Å². The summed E-state index contributed by atoms with van der Waals surface area (Å²) in [6.07, 6.45) is 5.69. The molecule has 1 aliphatic rings. The van der Waals surface area contributed by atoms with Crippen molar-refractivity contribution in [2.24, 2.45) is 0 Å². The molecular formula is C26H31ClN4. The number of nitrogens with one attached hydrogen (secondary N) is 1. The van der Waals surface area contributed by atoms with E-state index >= 15 is 0 Å². The Morgan fingerprint density at radius 3 is 2.48 bits per heavy atom. The third kappa shape index (κ3) is 4.56. The Morgan fingerprint density at radius 2 is 1.81 bits per heavy atom. The number of hydrogen-bond donors (Lipinski definition) is 1. The van der Waals surface area contributed by atoms with Crippen LogP contribution in [0.3, 0.4) is 0 Å². The highest BCUT2D eigenvalue weighted by molar-refractivity contribution is 6.31. The molecule has 0 amide bonds. The van der Waals surface area contributed by atoms with Gasteiger partial charge < -0.3 is 10.2 Å². The van der Waals surface area contributed by atoms with E-state index in [1.165, 1.54) is 22.5 Å². The van der Waals surface area contributed by atoms with Gasteiger partial charge in [-0.25, -0.2) is 4.68 Å². The second kappa shape index (κ2) is 8.89. The summed E-state index contributed by atoms with van der Waals surface area (Å²) in [5.74, 6) is 0.378. The molecule has 4 rings (SSSR count). The number of benzene rings is 2. The van der Waals surface area contributed by atoms with Crippen LogP contribution < -0.4 is 10.2 Å². The van der Waals surface area contributed by atoms with Crippen LogP contribution >= 0.6 is 11.6 Å². The largest absolute Gasteiger partial charge is 0.378 e. The summed E-state index contributed by atoms with van der Waals surface area (Å²) in [5, 5.41) is 9.30. The van der Waals surface area contributed by atoms with Gasteiger partial charge >= 0.3 is 0 Å². The molecule has 0 aliphatic heterocycles. The third-order valence-corrected chi connectivity index (χ3v) is 6.63. The Bertz CT molecular complexity index is 1100. The highest BCUT2D eigenvalue weighted by Crippen LogP contribution is 2.34. The standard InChI is InChI=1S/C26H31ClN4/c1-17-6-11-24(15-25(17)27)31-19(3)26(18(2)29-31)21-9-10-22(14-21)28-16-20-7-12-23(13-8-20)30(4)5/h6-13,15,21-22,28H,14,16H2,1-5H3. The van der Waals surface area contributed by atoms with Crippen LogP contribution in [0.15, 0.2) is 54.6 Å². The predicted octanol–water partition coefficient (Wildman–Crippen LogP) is 5.72. The molecule has 1 N–H and O–H groups in total. The second-order valence-corrected chi connectivity index (χ2v) is 9.11. The zero-order valence-corrected chi connectivity index (χ0v) is 19.7. The van der Waals surface area contributed by atoms with Crippen LogP contribution in [0.2, 0.25) is 5.02 Å². The number of nitrogens with zero attached hydrogens (tertiary/aromatic N) is 3. The van der Waals surface area contributed by atoms with Gasteiger partial charge in [0.1, 0.15) is 0 Å². The molecule has 0 radical (unpaired) electrons. The zero-order chi connectivity index (χ0) is 22.1. The number of aryl methyl sites for hydroxylation is 2. The molecule has 1 aliphatic carbocycles. The monoisotopic (exact) mass is 434 g/mol. The topological polar surface area (TPSA) is 33.1 Å². The van der Waals surface area contributed by atoms with Crippen molar-refractivity contribution in [2.75, 3.05) is 19.0 Å². The Balaban J connectivity index is 1.44. The molecule has 2 atom stereocenters. The first-order chi connectivity index (χ1) is 14.8. The Morgan fingerprint density at radius 1 is 1.06 bits per heavy atom. The van der Waals surface area contributed by atoms with Gasteiger partial charge in [0.2, 0.25) is 0 Å². The molecule has 0 saturated heterocycles. The summed E-state index contributed by atoms with van der Waals surface area (Å²) < 4.78 is 2.02. The number of anilines is 1. The maximum atomic E-state index is 6.36. The molecule has 0 spiro atoms. The Hall–Kier alpha value is -2.56. The quantitative estimate of drug-likeness (QED) is 0.504. The van der Waals surface area contributed by atoms with E-state index in [0.717, 1.165) is 34.9 Å². The molecular weight excluding hydrogens is 404 g/mol. The molecule has 0 bridgehead atoms. The first kappa shape index (κ1) is 21.7. The highest BCUT2D eigenvalue weighted by atomic mass is 35.5. The average Bonchev–Trinajstić information content (AvgIpc) is 3.32. The van der Waals surface area contributed by atoms with E-state index in [9.17, 15) is 0 Å². The van der Waals surface area contributed by atoms with Gasteiger partial charge in [0.05, 0.1) is 11.4 Å². The van der Waals surface area contributed by atoms with E-state index in [2.05, 4.69) is 80.6 Å². The van der Waals surface area contributed by atoms with E-state index < -0.39 is 0 Å². The van der Waals surface area contributed by atoms with E-state index in [4.69, 9.17) is 16.7 Å². The SMILES string of the molecule is Cc1ccc(-n2nc(C)c(C3C=CC(NCc4ccc(N(C)C)cc4)C3)c2C)cc1Cl. The summed E-state index contributed by atoms with van der Waals surface area (Å²) >= 11 is 6.36. The Labute approximate surface area is 190 Å². The zero-order valence-electron chi connectivity index (χ0n) is 19.0. The predicted molar refractivity (Wildman–Crippen MR) is 131 cm³/mol. The maximum Gasteiger partial charge on any atom is 0.0663 e. The van der Waals surface area contributed by atoms with Crippen molar-refractivity contribution < 1.29 is 0 Å². The van der Waals surface area contributed by atoms with Crippen molar-refractivity contribution >= 4 is 17.3 Å². The van der Waals surface area contributed by atoms with E-state index in [-0.39, 0.29) is 0 Å². The van der Waals surface area contributed by atoms with Crippen LogP contribution in [-0.2, 0) is 6.54 Å². The summed E-state index contributed by atoms with van der Waals surface area (Å²) in [5.41, 5.74) is 8.22. The fourth-order valence-corrected chi connectivity index (χ4v) is 4.56. The van der Waals surface area contributed by atoms with Gasteiger partial charge in [-0.2, -0.15) is 5.10 Å². The molecule has 31 heavy (non-hydrogen) atoms. The molecule has 2 unspecified atom stereocenters. The van der Waals surface area contributed by atoms with Crippen LogP contribution in [-0.4, -0.2) is 29.9 Å².